The third kappa shape index (κ3) is 8.26. The molecule has 1 unspecified atom stereocenters. The van der Waals surface area contributed by atoms with Crippen molar-refractivity contribution >= 4 is 46.5 Å². The van der Waals surface area contributed by atoms with Gasteiger partial charge < -0.3 is 24.5 Å². The number of aryl methyl sites for hydroxylation is 2. The molecule has 3 heterocycles. The second-order valence-electron chi connectivity index (χ2n) is 9.31. The van der Waals surface area contributed by atoms with E-state index < -0.39 is 6.04 Å². The third-order valence-electron chi connectivity index (χ3n) is 6.32. The summed E-state index contributed by atoms with van der Waals surface area (Å²) in [6.07, 6.45) is 4.44. The summed E-state index contributed by atoms with van der Waals surface area (Å²) in [5, 5.41) is 8.07. The maximum absolute atomic E-state index is 12.6. The van der Waals surface area contributed by atoms with Crippen molar-refractivity contribution in [3.8, 4) is 5.75 Å². The highest BCUT2D eigenvalue weighted by atomic mass is 32.1. The Hall–Kier alpha value is -3.98. The highest BCUT2D eigenvalue weighted by Crippen LogP contribution is 2.22. The van der Waals surface area contributed by atoms with Gasteiger partial charge in [-0.3, -0.25) is 0 Å². The minimum Gasteiger partial charge on any atom is -0.494 e. The zero-order valence-electron chi connectivity index (χ0n) is 23.0. The van der Waals surface area contributed by atoms with E-state index in [2.05, 4.69) is 40.0 Å². The van der Waals surface area contributed by atoms with Crippen LogP contribution in [0.25, 0.3) is 11.1 Å². The number of anilines is 2. The van der Waals surface area contributed by atoms with E-state index in [1.54, 1.807) is 12.3 Å². The molecule has 40 heavy (non-hydrogen) atoms. The standard InChI is InChI=1S/C29H32N4O4.C2H4S/c1-2-35-28(34)25(33-29-32-24-9-3-4-10-26(24)37-29)19-20-11-15-23(16-12-20)36-18-6-8-22-14-13-21-7-5-17-30-27(21)31-22;1-2-3/h3-4,9-16,25H,2,5-8,17-19H2,1H3,(H,30,31)(H,32,33);2H,1H3. The van der Waals surface area contributed by atoms with Crippen LogP contribution < -0.4 is 15.4 Å². The van der Waals surface area contributed by atoms with E-state index in [4.69, 9.17) is 18.9 Å². The van der Waals surface area contributed by atoms with Gasteiger partial charge in [-0.05, 0) is 86.4 Å². The number of carbonyl (C=O) groups excluding carboxylic acids is 1. The summed E-state index contributed by atoms with van der Waals surface area (Å²) in [5.74, 6) is 1.48. The van der Waals surface area contributed by atoms with Crippen LogP contribution in [-0.4, -0.2) is 47.1 Å². The van der Waals surface area contributed by atoms with E-state index in [1.165, 1.54) is 12.0 Å². The summed E-state index contributed by atoms with van der Waals surface area (Å²) in [5.41, 5.74) is 4.75. The van der Waals surface area contributed by atoms with E-state index >= 15 is 0 Å². The van der Waals surface area contributed by atoms with Gasteiger partial charge in [0.1, 0.15) is 23.1 Å². The van der Waals surface area contributed by atoms with Gasteiger partial charge in [0.05, 0.1) is 13.2 Å². The summed E-state index contributed by atoms with van der Waals surface area (Å²) in [7, 11) is 0. The van der Waals surface area contributed by atoms with Crippen LogP contribution in [0.3, 0.4) is 0 Å². The molecule has 0 saturated carbocycles. The molecule has 1 atom stereocenters. The van der Waals surface area contributed by atoms with E-state index in [0.29, 0.717) is 31.2 Å². The molecule has 0 amide bonds. The van der Waals surface area contributed by atoms with Crippen LogP contribution in [0.15, 0.2) is 65.1 Å². The predicted octanol–water partition coefficient (Wildman–Crippen LogP) is 6.18. The fourth-order valence-electron chi connectivity index (χ4n) is 4.43. The fourth-order valence-corrected chi connectivity index (χ4v) is 4.43. The first-order valence-corrected chi connectivity index (χ1v) is 14.2. The minimum absolute atomic E-state index is 0.295. The molecule has 8 nitrogen and oxygen atoms in total. The van der Waals surface area contributed by atoms with E-state index in [1.807, 2.05) is 55.5 Å². The molecule has 5 rings (SSSR count). The van der Waals surface area contributed by atoms with Crippen molar-refractivity contribution in [3.63, 3.8) is 0 Å². The van der Waals surface area contributed by atoms with Crippen LogP contribution in [-0.2, 0) is 28.8 Å². The van der Waals surface area contributed by atoms with Gasteiger partial charge in [-0.25, -0.2) is 9.78 Å². The van der Waals surface area contributed by atoms with Crippen LogP contribution in [0.4, 0.5) is 11.8 Å². The number of nitrogens with zero attached hydrogens (tertiary/aromatic N) is 2. The maximum Gasteiger partial charge on any atom is 0.329 e. The Bertz CT molecular complexity index is 1360. The summed E-state index contributed by atoms with van der Waals surface area (Å²) in [6.45, 7) is 5.51. The molecule has 1 aliphatic heterocycles. The first-order chi connectivity index (χ1) is 19.6. The number of esters is 1. The number of benzene rings is 2. The number of hydrogen-bond donors (Lipinski definition) is 2. The topological polar surface area (TPSA) is 98.5 Å². The number of thiocarbonyl (C=S) groups is 1. The second kappa shape index (κ2) is 15.0. The van der Waals surface area contributed by atoms with Crippen molar-refractivity contribution in [1.29, 1.82) is 0 Å². The number of ether oxygens (including phenoxy) is 2. The number of aromatic nitrogens is 2. The van der Waals surface area contributed by atoms with Crippen molar-refractivity contribution in [1.82, 2.24) is 9.97 Å². The Balaban J connectivity index is 0.00000118. The monoisotopic (exact) mass is 560 g/mol. The van der Waals surface area contributed by atoms with Crippen LogP contribution in [0, 0.1) is 0 Å². The highest BCUT2D eigenvalue weighted by Gasteiger charge is 2.22. The maximum atomic E-state index is 12.6. The van der Waals surface area contributed by atoms with Crippen molar-refractivity contribution in [2.45, 2.75) is 52.0 Å². The summed E-state index contributed by atoms with van der Waals surface area (Å²) < 4.78 is 17.0. The van der Waals surface area contributed by atoms with Gasteiger partial charge in [-0.2, -0.15) is 4.98 Å². The number of nitrogens with one attached hydrogen (secondary N) is 2. The molecular weight excluding hydrogens is 524 g/mol. The average Bonchev–Trinajstić information content (AvgIpc) is 3.39. The largest absolute Gasteiger partial charge is 0.494 e. The molecular formula is C31H36N4O4S. The Kier molecular flexibility index (Phi) is 10.9. The molecule has 0 radical (unpaired) electrons. The zero-order chi connectivity index (χ0) is 28.2. The van der Waals surface area contributed by atoms with Gasteiger partial charge in [0, 0.05) is 18.7 Å². The molecule has 0 saturated heterocycles. The summed E-state index contributed by atoms with van der Waals surface area (Å²) in [6, 6.07) is 19.2. The third-order valence-corrected chi connectivity index (χ3v) is 6.32. The molecule has 0 bridgehead atoms. The van der Waals surface area contributed by atoms with Gasteiger partial charge in [-0.1, -0.05) is 42.5 Å². The molecule has 1 aliphatic rings. The second-order valence-corrected chi connectivity index (χ2v) is 9.78. The predicted molar refractivity (Wildman–Crippen MR) is 162 cm³/mol. The number of oxazole rings is 1. The summed E-state index contributed by atoms with van der Waals surface area (Å²) >= 11 is 4.27. The van der Waals surface area contributed by atoms with Crippen LogP contribution in [0.5, 0.6) is 5.75 Å². The number of rotatable bonds is 11. The van der Waals surface area contributed by atoms with E-state index in [-0.39, 0.29) is 5.97 Å². The van der Waals surface area contributed by atoms with Crippen molar-refractivity contribution in [2.75, 3.05) is 30.4 Å². The molecule has 0 fully saturated rings. The van der Waals surface area contributed by atoms with Crippen molar-refractivity contribution in [3.05, 3.63) is 77.5 Å². The van der Waals surface area contributed by atoms with Crippen LogP contribution in [0.2, 0.25) is 0 Å². The van der Waals surface area contributed by atoms with Crippen LogP contribution in [0.1, 0.15) is 43.5 Å². The van der Waals surface area contributed by atoms with Gasteiger partial charge in [0.15, 0.2) is 5.58 Å². The number of carbonyl (C=O) groups is 1. The molecule has 2 N–H and O–H groups in total. The Morgan fingerprint density at radius 1 is 1.15 bits per heavy atom. The number of para-hydroxylation sites is 2. The van der Waals surface area contributed by atoms with Gasteiger partial charge in [0.25, 0.3) is 6.01 Å². The average molecular weight is 561 g/mol. The van der Waals surface area contributed by atoms with Crippen molar-refractivity contribution in [2.24, 2.45) is 0 Å². The number of pyridine rings is 1. The van der Waals surface area contributed by atoms with Crippen molar-refractivity contribution < 1.29 is 18.7 Å². The molecule has 0 aliphatic carbocycles. The SMILES string of the molecule is CC=S.CCOC(=O)C(Cc1ccc(OCCCc2ccc3c(n2)NCCC3)cc1)Nc1nc2ccccc2o1. The minimum atomic E-state index is -0.626. The highest BCUT2D eigenvalue weighted by molar-refractivity contribution is 7.78. The lowest BCUT2D eigenvalue weighted by molar-refractivity contribution is -0.144. The Labute approximate surface area is 240 Å². The molecule has 0 spiro atoms. The number of fused-ring (bicyclic) bond motifs is 2. The normalized spacial score (nSPS) is 12.8. The van der Waals surface area contributed by atoms with E-state index in [9.17, 15) is 4.79 Å². The Morgan fingerprint density at radius 2 is 1.95 bits per heavy atom. The molecule has 2 aromatic heterocycles. The smallest absolute Gasteiger partial charge is 0.329 e. The fraction of sp³-hybridized carbons (Fsp3) is 0.355. The molecule has 9 heteroatoms. The molecule has 2 aromatic carbocycles. The van der Waals surface area contributed by atoms with Gasteiger partial charge in [-0.15, -0.1) is 0 Å². The number of hydrogen-bond acceptors (Lipinski definition) is 9. The molecule has 4 aromatic rings. The quantitative estimate of drug-likeness (QED) is 0.126. The lowest BCUT2D eigenvalue weighted by Crippen LogP contribution is -2.33. The van der Waals surface area contributed by atoms with Gasteiger partial charge >= 0.3 is 5.97 Å². The molecule has 210 valence electrons. The van der Waals surface area contributed by atoms with Gasteiger partial charge in [0.2, 0.25) is 0 Å². The first-order valence-electron chi connectivity index (χ1n) is 13.7. The zero-order valence-corrected chi connectivity index (χ0v) is 23.8. The lowest BCUT2D eigenvalue weighted by Gasteiger charge is -2.17. The van der Waals surface area contributed by atoms with Crippen LogP contribution >= 0.6 is 12.2 Å². The Morgan fingerprint density at radius 3 is 2.73 bits per heavy atom. The van der Waals surface area contributed by atoms with E-state index in [0.717, 1.165) is 54.1 Å². The summed E-state index contributed by atoms with van der Waals surface area (Å²) in [4.78, 5) is 21.8. The first kappa shape index (κ1) is 29.0. The lowest BCUT2D eigenvalue weighted by atomic mass is 10.1.